The summed E-state index contributed by atoms with van der Waals surface area (Å²) < 4.78 is 0. The molecule has 17 heavy (non-hydrogen) atoms. The van der Waals surface area contributed by atoms with E-state index >= 15 is 0 Å². The first kappa shape index (κ1) is 12.4. The number of hydrogen-bond donors (Lipinski definition) is 0. The van der Waals surface area contributed by atoms with Gasteiger partial charge in [0.2, 0.25) is 0 Å². The maximum atomic E-state index is 4.30. The minimum atomic E-state index is 0. The van der Waals surface area contributed by atoms with Crippen LogP contribution in [0.4, 0.5) is 0 Å². The fourth-order valence-electron chi connectivity index (χ4n) is 1.81. The van der Waals surface area contributed by atoms with Crippen molar-refractivity contribution in [2.24, 2.45) is 0 Å². The minimum Gasteiger partial charge on any atom is -0.285 e. The van der Waals surface area contributed by atoms with Gasteiger partial charge in [-0.25, -0.2) is 18.2 Å². The molecule has 2 heteroatoms. The number of aromatic nitrogens is 1. The predicted octanol–water partition coefficient (Wildman–Crippen LogP) is 3.50. The molecule has 0 saturated heterocycles. The van der Waals surface area contributed by atoms with E-state index in [1.165, 1.54) is 0 Å². The summed E-state index contributed by atoms with van der Waals surface area (Å²) in [5.74, 6) is 0. The number of nitrogens with zero attached hydrogens (tertiary/aromatic N) is 1. The molecule has 3 aromatic rings. The summed E-state index contributed by atoms with van der Waals surface area (Å²) in [5, 5.41) is 1.12. The Morgan fingerprint density at radius 1 is 0.882 bits per heavy atom. The van der Waals surface area contributed by atoms with Gasteiger partial charge in [-0.3, -0.25) is 16.1 Å². The number of fused-ring (bicyclic) bond motifs is 1. The smallest absolute Gasteiger partial charge is 0.00545 e. The average Bonchev–Trinajstić information content (AvgIpc) is 2.39. The molecule has 0 fully saturated rings. The van der Waals surface area contributed by atoms with E-state index in [-0.39, 0.29) is 32.7 Å². The van der Waals surface area contributed by atoms with Crippen molar-refractivity contribution in [2.75, 3.05) is 0 Å². The van der Waals surface area contributed by atoms with Gasteiger partial charge in [0.05, 0.1) is 0 Å². The Morgan fingerprint density at radius 2 is 1.71 bits per heavy atom. The van der Waals surface area contributed by atoms with Crippen molar-refractivity contribution >= 4 is 10.9 Å². The molecule has 2 aromatic carbocycles. The molecule has 0 spiro atoms. The first-order chi connectivity index (χ1) is 7.95. The number of rotatable bonds is 1. The number of benzene rings is 2. The molecule has 3 rings (SSSR count). The second kappa shape index (κ2) is 5.53. The van der Waals surface area contributed by atoms with Crippen molar-refractivity contribution in [1.82, 2.24) is 4.98 Å². The second-order valence-electron chi connectivity index (χ2n) is 3.57. The van der Waals surface area contributed by atoms with Gasteiger partial charge in [-0.2, -0.15) is 12.1 Å². The van der Waals surface area contributed by atoms with Crippen LogP contribution in [-0.2, 0) is 32.7 Å². The van der Waals surface area contributed by atoms with Crippen LogP contribution in [0.3, 0.4) is 0 Å². The average molecular weight is 292 g/mol. The van der Waals surface area contributed by atoms with Crippen LogP contribution in [-0.4, -0.2) is 4.98 Å². The Labute approximate surface area is 126 Å². The van der Waals surface area contributed by atoms with Gasteiger partial charge in [-0.15, -0.1) is 17.5 Å². The largest absolute Gasteiger partial charge is 0.285 e. The van der Waals surface area contributed by atoms with E-state index in [0.29, 0.717) is 0 Å². The summed E-state index contributed by atoms with van der Waals surface area (Å²) >= 11 is 0. The standard InChI is InChI=1S/C15H9N.Y/c1-2-6-12(7-3-1)13-10-11-16-15-9-5-4-8-14(13)15;/h1-6,8-9,11H;/q-2;. The first-order valence-electron chi connectivity index (χ1n) is 5.18. The molecule has 0 aliphatic carbocycles. The maximum absolute atomic E-state index is 4.30. The molecule has 0 unspecified atom stereocenters. The molecule has 0 atom stereocenters. The maximum Gasteiger partial charge on any atom is 0.00545 e. The third kappa shape index (κ3) is 2.46. The zero-order valence-corrected chi connectivity index (χ0v) is 12.1. The van der Waals surface area contributed by atoms with Gasteiger partial charge in [0.15, 0.2) is 0 Å². The first-order valence-corrected chi connectivity index (χ1v) is 5.18. The minimum absolute atomic E-state index is 0. The van der Waals surface area contributed by atoms with Crippen molar-refractivity contribution in [2.45, 2.75) is 0 Å². The Morgan fingerprint density at radius 3 is 2.53 bits per heavy atom. The molecule has 1 radical (unpaired) electrons. The third-order valence-corrected chi connectivity index (χ3v) is 2.56. The van der Waals surface area contributed by atoms with Gasteiger partial charge in [0.25, 0.3) is 0 Å². The Bertz CT molecular complexity index is 615. The Hall–Kier alpha value is -1.05. The zero-order chi connectivity index (χ0) is 10.8. The Balaban J connectivity index is 0.00000108. The van der Waals surface area contributed by atoms with Crippen molar-refractivity contribution in [3.63, 3.8) is 0 Å². The second-order valence-corrected chi connectivity index (χ2v) is 3.57. The van der Waals surface area contributed by atoms with E-state index < -0.39 is 0 Å². The quantitative estimate of drug-likeness (QED) is 0.626. The number of para-hydroxylation sites is 1. The van der Waals surface area contributed by atoms with Crippen molar-refractivity contribution in [3.05, 3.63) is 66.9 Å². The monoisotopic (exact) mass is 292 g/mol. The molecular weight excluding hydrogens is 283 g/mol. The summed E-state index contributed by atoms with van der Waals surface area (Å²) in [6.07, 6.45) is 1.72. The van der Waals surface area contributed by atoms with E-state index in [0.717, 1.165) is 22.0 Å². The number of hydrogen-bond acceptors (Lipinski definition) is 1. The van der Waals surface area contributed by atoms with E-state index in [4.69, 9.17) is 0 Å². The van der Waals surface area contributed by atoms with Gasteiger partial charge in [0, 0.05) is 38.2 Å². The van der Waals surface area contributed by atoms with Crippen LogP contribution >= 0.6 is 0 Å². The fourth-order valence-corrected chi connectivity index (χ4v) is 1.81. The molecule has 0 aliphatic heterocycles. The normalized spacial score (nSPS) is 9.88. The zero-order valence-electron chi connectivity index (χ0n) is 9.22. The fraction of sp³-hybridized carbons (Fsp3) is 0. The van der Waals surface area contributed by atoms with E-state index in [1.807, 2.05) is 42.5 Å². The van der Waals surface area contributed by atoms with Gasteiger partial charge in [-0.1, -0.05) is 12.1 Å². The molecule has 1 heterocycles. The van der Waals surface area contributed by atoms with E-state index in [1.54, 1.807) is 6.20 Å². The van der Waals surface area contributed by atoms with Crippen LogP contribution in [0.25, 0.3) is 22.0 Å². The summed E-state index contributed by atoms with van der Waals surface area (Å²) in [5.41, 5.74) is 3.11. The predicted molar refractivity (Wildman–Crippen MR) is 64.9 cm³/mol. The van der Waals surface area contributed by atoms with Crippen molar-refractivity contribution < 1.29 is 32.7 Å². The van der Waals surface area contributed by atoms with Crippen molar-refractivity contribution in [1.29, 1.82) is 0 Å². The van der Waals surface area contributed by atoms with Crippen LogP contribution in [0.5, 0.6) is 0 Å². The molecule has 0 amide bonds. The van der Waals surface area contributed by atoms with Crippen LogP contribution in [0, 0.1) is 12.1 Å². The molecule has 0 aliphatic rings. The summed E-state index contributed by atoms with van der Waals surface area (Å²) in [4.78, 5) is 4.30. The summed E-state index contributed by atoms with van der Waals surface area (Å²) in [6.45, 7) is 0. The van der Waals surface area contributed by atoms with E-state index in [9.17, 15) is 0 Å². The Kier molecular flexibility index (Phi) is 4.03. The third-order valence-electron chi connectivity index (χ3n) is 2.56. The van der Waals surface area contributed by atoms with Crippen molar-refractivity contribution in [3.8, 4) is 11.1 Å². The van der Waals surface area contributed by atoms with E-state index in [2.05, 4.69) is 23.2 Å². The molecule has 0 saturated carbocycles. The molecule has 0 bridgehead atoms. The number of pyridine rings is 1. The molecule has 1 nitrogen and oxygen atoms in total. The van der Waals surface area contributed by atoms with Gasteiger partial charge >= 0.3 is 0 Å². The van der Waals surface area contributed by atoms with Crippen LogP contribution < -0.4 is 0 Å². The van der Waals surface area contributed by atoms with Gasteiger partial charge in [-0.05, 0) is 12.3 Å². The van der Waals surface area contributed by atoms with Crippen LogP contribution in [0.2, 0.25) is 0 Å². The molecule has 79 valence electrons. The molecular formula is C15H9NY-2. The summed E-state index contributed by atoms with van der Waals surface area (Å²) in [7, 11) is 0. The molecule has 0 N–H and O–H groups in total. The SMILES string of the molecule is [Y].[c-]1ccccc1-c1[c-]cnc2ccccc12. The van der Waals surface area contributed by atoms with Crippen LogP contribution in [0.1, 0.15) is 0 Å². The van der Waals surface area contributed by atoms with Crippen LogP contribution in [0.15, 0.2) is 54.7 Å². The topological polar surface area (TPSA) is 12.9 Å². The van der Waals surface area contributed by atoms with Gasteiger partial charge in [0.1, 0.15) is 0 Å². The molecule has 1 aromatic heterocycles. The summed E-state index contributed by atoms with van der Waals surface area (Å²) in [6, 6.07) is 22.4. The van der Waals surface area contributed by atoms with Gasteiger partial charge < -0.3 is 0 Å².